The molecule has 0 aliphatic heterocycles. The van der Waals surface area contributed by atoms with Gasteiger partial charge < -0.3 is 15.0 Å². The lowest BCUT2D eigenvalue weighted by molar-refractivity contribution is 0.208. The van der Waals surface area contributed by atoms with Gasteiger partial charge >= 0.3 is 12.1 Å². The molecule has 0 radical (unpaired) electrons. The van der Waals surface area contributed by atoms with Gasteiger partial charge in [0.15, 0.2) is 0 Å². The second-order valence-corrected chi connectivity index (χ2v) is 5.88. The summed E-state index contributed by atoms with van der Waals surface area (Å²) in [5.74, 6) is 0.233. The summed E-state index contributed by atoms with van der Waals surface area (Å²) >= 11 is 5.94. The maximum absolute atomic E-state index is 12.5. The number of nitrogens with zero attached hydrogens (tertiary/aromatic N) is 3. The molecule has 2 rings (SSSR count). The van der Waals surface area contributed by atoms with Gasteiger partial charge in [0.1, 0.15) is 12.3 Å². The summed E-state index contributed by atoms with van der Waals surface area (Å²) in [5.41, 5.74) is 0.921. The van der Waals surface area contributed by atoms with Gasteiger partial charge in [-0.05, 0) is 30.3 Å². The van der Waals surface area contributed by atoms with Gasteiger partial charge in [-0.1, -0.05) is 23.7 Å². The molecule has 0 unspecified atom stereocenters. The van der Waals surface area contributed by atoms with Gasteiger partial charge in [0, 0.05) is 36.6 Å². The molecule has 0 spiro atoms. The molecule has 26 heavy (non-hydrogen) atoms. The molecule has 7 nitrogen and oxygen atoms in total. The summed E-state index contributed by atoms with van der Waals surface area (Å²) in [6.45, 7) is -0.198. The van der Waals surface area contributed by atoms with Crippen LogP contribution in [-0.4, -0.2) is 37.7 Å². The number of rotatable bonds is 4. The molecule has 0 saturated heterocycles. The summed E-state index contributed by atoms with van der Waals surface area (Å²) in [4.78, 5) is 26.7. The Kier molecular flexibility index (Phi) is 6.42. The third kappa shape index (κ3) is 5.13. The molecule has 0 saturated carbocycles. The molecule has 0 atom stereocenters. The third-order valence-corrected chi connectivity index (χ3v) is 3.50. The maximum atomic E-state index is 12.5. The predicted molar refractivity (Wildman–Crippen MR) is 99.6 cm³/mol. The summed E-state index contributed by atoms with van der Waals surface area (Å²) in [6, 6.07) is 14.6. The fraction of sp³-hybridized carbons (Fsp3) is 0.167. The van der Waals surface area contributed by atoms with Gasteiger partial charge in [0.2, 0.25) is 0 Å². The van der Waals surface area contributed by atoms with Gasteiger partial charge in [-0.2, -0.15) is 5.26 Å². The zero-order chi connectivity index (χ0) is 19.1. The van der Waals surface area contributed by atoms with Crippen molar-refractivity contribution in [2.24, 2.45) is 0 Å². The smallest absolute Gasteiger partial charge is 0.410 e. The van der Waals surface area contributed by atoms with Gasteiger partial charge in [0.05, 0.1) is 6.07 Å². The Morgan fingerprint density at radius 3 is 2.58 bits per heavy atom. The molecule has 0 heterocycles. The van der Waals surface area contributed by atoms with Crippen LogP contribution in [0.15, 0.2) is 48.5 Å². The zero-order valence-corrected chi connectivity index (χ0v) is 15.0. The van der Waals surface area contributed by atoms with Crippen LogP contribution in [0.3, 0.4) is 0 Å². The SMILES string of the molecule is CN(C)C(=O)Nc1cccc(OC(=O)N(CC#N)c2cccc(Cl)c2)c1. The molecule has 8 heteroatoms. The number of hydrogen-bond acceptors (Lipinski definition) is 4. The molecule has 1 N–H and O–H groups in total. The first-order valence-corrected chi connectivity index (χ1v) is 7.98. The van der Waals surface area contributed by atoms with Gasteiger partial charge in [-0.25, -0.2) is 9.59 Å². The van der Waals surface area contributed by atoms with Crippen molar-refractivity contribution in [1.82, 2.24) is 4.90 Å². The number of carbonyl (C=O) groups excluding carboxylic acids is 2. The number of nitriles is 1. The highest BCUT2D eigenvalue weighted by Crippen LogP contribution is 2.22. The number of urea groups is 1. The molecule has 0 aliphatic carbocycles. The Morgan fingerprint density at radius 2 is 1.92 bits per heavy atom. The Bertz CT molecular complexity index is 848. The zero-order valence-electron chi connectivity index (χ0n) is 14.3. The van der Waals surface area contributed by atoms with Gasteiger partial charge in [-0.15, -0.1) is 0 Å². The number of nitrogens with one attached hydrogen (secondary N) is 1. The molecule has 2 aromatic rings. The van der Waals surface area contributed by atoms with Crippen LogP contribution >= 0.6 is 11.6 Å². The van der Waals surface area contributed by atoms with Crippen molar-refractivity contribution >= 4 is 35.1 Å². The quantitative estimate of drug-likeness (QED) is 0.823. The molecular weight excluding hydrogens is 356 g/mol. The molecule has 0 fully saturated rings. The summed E-state index contributed by atoms with van der Waals surface area (Å²) in [6.07, 6.45) is -0.732. The van der Waals surface area contributed by atoms with E-state index in [0.717, 1.165) is 4.90 Å². The lowest BCUT2D eigenvalue weighted by atomic mass is 10.3. The Morgan fingerprint density at radius 1 is 1.19 bits per heavy atom. The number of ether oxygens (including phenoxy) is 1. The summed E-state index contributed by atoms with van der Waals surface area (Å²) in [5, 5.41) is 12.1. The predicted octanol–water partition coefficient (Wildman–Crippen LogP) is 3.96. The van der Waals surface area contributed by atoms with Crippen LogP contribution in [0, 0.1) is 11.3 Å². The van der Waals surface area contributed by atoms with Crippen molar-refractivity contribution in [2.75, 3.05) is 30.9 Å². The van der Waals surface area contributed by atoms with E-state index in [1.165, 1.54) is 11.0 Å². The van der Waals surface area contributed by atoms with Crippen LogP contribution in [0.2, 0.25) is 5.02 Å². The van der Waals surface area contributed by atoms with E-state index in [9.17, 15) is 9.59 Å². The van der Waals surface area contributed by atoms with Gasteiger partial charge in [-0.3, -0.25) is 4.90 Å². The van der Waals surface area contributed by atoms with E-state index in [4.69, 9.17) is 21.6 Å². The lowest BCUT2D eigenvalue weighted by Gasteiger charge is -2.19. The molecule has 0 bridgehead atoms. The van der Waals surface area contributed by atoms with E-state index in [-0.39, 0.29) is 18.3 Å². The van der Waals surface area contributed by atoms with Crippen molar-refractivity contribution in [3.8, 4) is 11.8 Å². The monoisotopic (exact) mass is 372 g/mol. The molecule has 0 aliphatic rings. The average molecular weight is 373 g/mol. The Balaban J connectivity index is 2.16. The largest absolute Gasteiger partial charge is 0.420 e. The number of benzene rings is 2. The maximum Gasteiger partial charge on any atom is 0.420 e. The van der Waals surface area contributed by atoms with E-state index in [1.54, 1.807) is 56.6 Å². The molecule has 2 aromatic carbocycles. The van der Waals surface area contributed by atoms with Gasteiger partial charge in [0.25, 0.3) is 0 Å². The van der Waals surface area contributed by atoms with Crippen molar-refractivity contribution in [1.29, 1.82) is 5.26 Å². The van der Waals surface area contributed by atoms with E-state index in [0.29, 0.717) is 16.4 Å². The second-order valence-electron chi connectivity index (χ2n) is 5.44. The minimum atomic E-state index is -0.732. The molecule has 0 aromatic heterocycles. The summed E-state index contributed by atoms with van der Waals surface area (Å²) < 4.78 is 5.33. The number of amides is 3. The highest BCUT2D eigenvalue weighted by Gasteiger charge is 2.18. The van der Waals surface area contributed by atoms with Crippen LogP contribution in [-0.2, 0) is 0 Å². The lowest BCUT2D eigenvalue weighted by Crippen LogP contribution is -2.34. The Hall–Kier alpha value is -3.24. The minimum Gasteiger partial charge on any atom is -0.410 e. The normalized spacial score (nSPS) is 9.77. The first-order valence-electron chi connectivity index (χ1n) is 7.61. The van der Waals surface area contributed by atoms with E-state index >= 15 is 0 Å². The number of anilines is 2. The number of hydrogen-bond donors (Lipinski definition) is 1. The van der Waals surface area contributed by atoms with Crippen LogP contribution in [0.4, 0.5) is 21.0 Å². The first-order chi connectivity index (χ1) is 12.4. The van der Waals surface area contributed by atoms with Crippen LogP contribution in [0.5, 0.6) is 5.75 Å². The van der Waals surface area contributed by atoms with Crippen LogP contribution < -0.4 is 15.0 Å². The summed E-state index contributed by atoms with van der Waals surface area (Å²) in [7, 11) is 3.23. The standard InChI is InChI=1S/C18H17ClN4O3/c1-22(2)17(24)21-14-6-4-8-16(12-14)26-18(25)23(10-9-20)15-7-3-5-13(19)11-15/h3-8,11-12H,10H2,1-2H3,(H,21,24). The number of carbonyl (C=O) groups is 2. The fourth-order valence-electron chi connectivity index (χ4n) is 2.00. The second kappa shape index (κ2) is 8.74. The molecular formula is C18H17ClN4O3. The van der Waals surface area contributed by atoms with E-state index in [1.807, 2.05) is 6.07 Å². The molecule has 134 valence electrons. The van der Waals surface area contributed by atoms with Crippen molar-refractivity contribution in [3.63, 3.8) is 0 Å². The van der Waals surface area contributed by atoms with Crippen molar-refractivity contribution in [2.45, 2.75) is 0 Å². The van der Waals surface area contributed by atoms with Crippen molar-refractivity contribution in [3.05, 3.63) is 53.6 Å². The highest BCUT2D eigenvalue weighted by molar-refractivity contribution is 6.30. The average Bonchev–Trinajstić information content (AvgIpc) is 2.59. The topological polar surface area (TPSA) is 85.7 Å². The van der Waals surface area contributed by atoms with E-state index in [2.05, 4.69) is 5.32 Å². The third-order valence-electron chi connectivity index (χ3n) is 3.27. The highest BCUT2D eigenvalue weighted by atomic mass is 35.5. The van der Waals surface area contributed by atoms with Crippen LogP contribution in [0.1, 0.15) is 0 Å². The first kappa shape index (κ1) is 19.1. The Labute approximate surface area is 156 Å². The number of halogens is 1. The van der Waals surface area contributed by atoms with Crippen LogP contribution in [0.25, 0.3) is 0 Å². The van der Waals surface area contributed by atoms with E-state index < -0.39 is 6.09 Å². The fourth-order valence-corrected chi connectivity index (χ4v) is 2.19. The molecule has 3 amide bonds. The minimum absolute atomic E-state index is 0.198. The van der Waals surface area contributed by atoms with Crippen molar-refractivity contribution < 1.29 is 14.3 Å².